The number of rotatable bonds is 4. The molecule has 1 rings (SSSR count). The molecule has 1 aliphatic heterocycles. The summed E-state index contributed by atoms with van der Waals surface area (Å²) in [5, 5.41) is 0.565. The Morgan fingerprint density at radius 2 is 2.50 bits per heavy atom. The van der Waals surface area contributed by atoms with E-state index in [-0.39, 0.29) is 10.8 Å². The zero-order valence-electron chi connectivity index (χ0n) is 6.79. The second kappa shape index (κ2) is 5.09. The standard InChI is InChI=1S/C7H11BrO3S/c1-10-7(9)6(8)4-12-5-2-11-3-5/h5-6H,2-4H2,1H3. The molecule has 0 bridgehead atoms. The van der Waals surface area contributed by atoms with Gasteiger partial charge in [0.15, 0.2) is 0 Å². The van der Waals surface area contributed by atoms with Crippen molar-refractivity contribution in [2.75, 3.05) is 26.1 Å². The van der Waals surface area contributed by atoms with E-state index in [1.807, 2.05) is 0 Å². The maximum atomic E-state index is 10.9. The molecule has 0 radical (unpaired) electrons. The third-order valence-electron chi connectivity index (χ3n) is 1.54. The van der Waals surface area contributed by atoms with E-state index in [4.69, 9.17) is 4.74 Å². The van der Waals surface area contributed by atoms with Crippen molar-refractivity contribution in [1.29, 1.82) is 0 Å². The molecule has 1 heterocycles. The smallest absolute Gasteiger partial charge is 0.320 e. The van der Waals surface area contributed by atoms with Gasteiger partial charge in [0.05, 0.1) is 25.6 Å². The number of thioether (sulfide) groups is 1. The second-order valence-electron chi connectivity index (χ2n) is 2.48. The molecule has 12 heavy (non-hydrogen) atoms. The maximum absolute atomic E-state index is 10.9. The van der Waals surface area contributed by atoms with Gasteiger partial charge in [-0.1, -0.05) is 15.9 Å². The summed E-state index contributed by atoms with van der Waals surface area (Å²) in [5.41, 5.74) is 0. The number of esters is 1. The Morgan fingerprint density at radius 3 is 2.92 bits per heavy atom. The highest BCUT2D eigenvalue weighted by Gasteiger charge is 2.22. The summed E-state index contributed by atoms with van der Waals surface area (Å²) >= 11 is 4.99. The van der Waals surface area contributed by atoms with Crippen molar-refractivity contribution in [3.05, 3.63) is 0 Å². The van der Waals surface area contributed by atoms with E-state index in [0.29, 0.717) is 5.25 Å². The molecule has 0 amide bonds. The van der Waals surface area contributed by atoms with Crippen LogP contribution in [0.1, 0.15) is 0 Å². The van der Waals surface area contributed by atoms with Crippen molar-refractivity contribution >= 4 is 33.7 Å². The summed E-state index contributed by atoms with van der Waals surface area (Å²) in [7, 11) is 1.40. The topological polar surface area (TPSA) is 35.5 Å². The van der Waals surface area contributed by atoms with Gasteiger partial charge >= 0.3 is 5.97 Å². The second-order valence-corrected chi connectivity index (χ2v) is 4.92. The number of halogens is 1. The molecule has 1 aliphatic rings. The van der Waals surface area contributed by atoms with Crippen molar-refractivity contribution in [3.8, 4) is 0 Å². The first-order valence-corrected chi connectivity index (χ1v) is 5.61. The van der Waals surface area contributed by atoms with Gasteiger partial charge in [-0.05, 0) is 0 Å². The molecule has 1 atom stereocenters. The van der Waals surface area contributed by atoms with Crippen LogP contribution < -0.4 is 0 Å². The zero-order chi connectivity index (χ0) is 8.97. The lowest BCUT2D eigenvalue weighted by Crippen LogP contribution is -2.32. The van der Waals surface area contributed by atoms with Crippen molar-refractivity contribution in [2.45, 2.75) is 10.1 Å². The highest BCUT2D eigenvalue weighted by molar-refractivity contribution is 9.10. The Kier molecular flexibility index (Phi) is 4.39. The molecule has 0 N–H and O–H groups in total. The number of methoxy groups -OCH3 is 1. The SMILES string of the molecule is COC(=O)C(Br)CSC1COC1. The van der Waals surface area contributed by atoms with Crippen LogP contribution in [-0.4, -0.2) is 42.1 Å². The molecule has 1 fully saturated rings. The third-order valence-corrected chi connectivity index (χ3v) is 3.94. The molecule has 0 spiro atoms. The summed E-state index contributed by atoms with van der Waals surface area (Å²) in [4.78, 5) is 10.7. The van der Waals surface area contributed by atoms with Crippen LogP contribution in [0.3, 0.4) is 0 Å². The predicted octanol–water partition coefficient (Wildman–Crippen LogP) is 1.05. The van der Waals surface area contributed by atoms with E-state index in [1.54, 1.807) is 11.8 Å². The average Bonchev–Trinajstić information content (AvgIpc) is 2.00. The lowest BCUT2D eigenvalue weighted by atomic mass is 10.4. The average molecular weight is 255 g/mol. The van der Waals surface area contributed by atoms with Gasteiger partial charge in [-0.25, -0.2) is 0 Å². The highest BCUT2D eigenvalue weighted by atomic mass is 79.9. The van der Waals surface area contributed by atoms with Crippen LogP contribution >= 0.6 is 27.7 Å². The van der Waals surface area contributed by atoms with E-state index in [0.717, 1.165) is 19.0 Å². The summed E-state index contributed by atoms with van der Waals surface area (Å²) in [6.07, 6.45) is 0. The van der Waals surface area contributed by atoms with Gasteiger partial charge in [0.2, 0.25) is 0 Å². The third kappa shape index (κ3) is 2.95. The molecule has 5 heteroatoms. The minimum Gasteiger partial charge on any atom is -0.468 e. The van der Waals surface area contributed by atoms with E-state index >= 15 is 0 Å². The summed E-state index contributed by atoms with van der Waals surface area (Å²) in [6, 6.07) is 0. The minimum atomic E-state index is -0.206. The first-order valence-electron chi connectivity index (χ1n) is 3.65. The van der Waals surface area contributed by atoms with Gasteiger partial charge in [0.1, 0.15) is 4.83 Å². The van der Waals surface area contributed by atoms with Crippen LogP contribution in [0, 0.1) is 0 Å². The van der Waals surface area contributed by atoms with Crippen LogP contribution in [0.25, 0.3) is 0 Å². The molecule has 0 aromatic carbocycles. The molecular weight excluding hydrogens is 244 g/mol. The molecule has 0 aliphatic carbocycles. The first-order chi connectivity index (χ1) is 5.74. The van der Waals surface area contributed by atoms with Crippen LogP contribution in [0.4, 0.5) is 0 Å². The Morgan fingerprint density at radius 1 is 1.83 bits per heavy atom. The van der Waals surface area contributed by atoms with E-state index < -0.39 is 0 Å². The molecule has 1 saturated heterocycles. The fourth-order valence-corrected chi connectivity index (χ4v) is 2.33. The van der Waals surface area contributed by atoms with Crippen molar-refractivity contribution in [1.82, 2.24) is 0 Å². The quantitative estimate of drug-likeness (QED) is 0.555. The van der Waals surface area contributed by atoms with Gasteiger partial charge in [0.25, 0.3) is 0 Å². The van der Waals surface area contributed by atoms with Crippen LogP contribution in [0.2, 0.25) is 0 Å². The van der Waals surface area contributed by atoms with Crippen LogP contribution in [-0.2, 0) is 14.3 Å². The summed E-state index contributed by atoms with van der Waals surface area (Å²) in [6.45, 7) is 1.62. The van der Waals surface area contributed by atoms with Crippen molar-refractivity contribution in [2.24, 2.45) is 0 Å². The number of hydrogen-bond acceptors (Lipinski definition) is 4. The van der Waals surface area contributed by atoms with Gasteiger partial charge in [-0.15, -0.1) is 0 Å². The lowest BCUT2D eigenvalue weighted by Gasteiger charge is -2.25. The molecule has 3 nitrogen and oxygen atoms in total. The van der Waals surface area contributed by atoms with Gasteiger partial charge in [-0.2, -0.15) is 11.8 Å². The van der Waals surface area contributed by atoms with Gasteiger partial charge < -0.3 is 9.47 Å². The predicted molar refractivity (Wildman–Crippen MR) is 51.8 cm³/mol. The number of alkyl halides is 1. The molecule has 0 aromatic heterocycles. The van der Waals surface area contributed by atoms with Crippen LogP contribution in [0.5, 0.6) is 0 Å². The maximum Gasteiger partial charge on any atom is 0.320 e. The normalized spacial score (nSPS) is 19.8. The number of carbonyl (C=O) groups is 1. The minimum absolute atomic E-state index is 0.187. The Hall–Kier alpha value is 0.260. The fourth-order valence-electron chi connectivity index (χ4n) is 0.727. The largest absolute Gasteiger partial charge is 0.468 e. The summed E-state index contributed by atoms with van der Waals surface area (Å²) in [5.74, 6) is 0.545. The number of ether oxygens (including phenoxy) is 2. The Balaban J connectivity index is 2.08. The Bertz CT molecular complexity index is 161. The van der Waals surface area contributed by atoms with E-state index in [2.05, 4.69) is 20.7 Å². The van der Waals surface area contributed by atoms with Crippen molar-refractivity contribution in [3.63, 3.8) is 0 Å². The van der Waals surface area contributed by atoms with Gasteiger partial charge in [-0.3, -0.25) is 4.79 Å². The fraction of sp³-hybridized carbons (Fsp3) is 0.857. The monoisotopic (exact) mass is 254 g/mol. The summed E-state index contributed by atoms with van der Waals surface area (Å²) < 4.78 is 9.57. The lowest BCUT2D eigenvalue weighted by molar-refractivity contribution is -0.139. The zero-order valence-corrected chi connectivity index (χ0v) is 9.19. The van der Waals surface area contributed by atoms with Gasteiger partial charge in [0, 0.05) is 5.75 Å². The van der Waals surface area contributed by atoms with Crippen LogP contribution in [0.15, 0.2) is 0 Å². The Labute approximate surface area is 84.3 Å². The molecule has 1 unspecified atom stereocenters. The molecule has 70 valence electrons. The van der Waals surface area contributed by atoms with Crippen molar-refractivity contribution < 1.29 is 14.3 Å². The molecule has 0 aromatic rings. The molecule has 0 saturated carbocycles. The number of hydrogen-bond donors (Lipinski definition) is 0. The first kappa shape index (κ1) is 10.3. The number of carbonyl (C=O) groups excluding carboxylic acids is 1. The van der Waals surface area contributed by atoms with E-state index in [1.165, 1.54) is 7.11 Å². The van der Waals surface area contributed by atoms with E-state index in [9.17, 15) is 4.79 Å². The molecular formula is C7H11BrO3S. The highest BCUT2D eigenvalue weighted by Crippen LogP contribution is 2.22.